The molecule has 3 N–H and O–H groups in total. The van der Waals surface area contributed by atoms with Crippen LogP contribution in [0, 0.1) is 0 Å². The predicted octanol–water partition coefficient (Wildman–Crippen LogP) is 4.04. The molecule has 3 aliphatic heterocycles. The number of aromatic nitrogens is 1. The molecule has 0 radical (unpaired) electrons. The molecule has 2 fully saturated rings. The SMILES string of the molecule is O=C1CSc2ccc(N3C[C@@H](CCNCc4cccc(-c5cccc(OC[C@@H]6CCN6)n5)c4)OC3=O)cc2N1. The molecule has 4 heterocycles. The maximum atomic E-state index is 12.5. The van der Waals surface area contributed by atoms with E-state index in [2.05, 4.69) is 39.1 Å². The van der Waals surface area contributed by atoms with Gasteiger partial charge in [0.2, 0.25) is 11.8 Å². The Morgan fingerprint density at radius 2 is 2.03 bits per heavy atom. The summed E-state index contributed by atoms with van der Waals surface area (Å²) in [6, 6.07) is 20.3. The summed E-state index contributed by atoms with van der Waals surface area (Å²) in [7, 11) is 0. The summed E-state index contributed by atoms with van der Waals surface area (Å²) < 4.78 is 11.5. The van der Waals surface area contributed by atoms with E-state index >= 15 is 0 Å². The number of amides is 2. The van der Waals surface area contributed by atoms with Crippen LogP contribution in [0.1, 0.15) is 18.4 Å². The summed E-state index contributed by atoms with van der Waals surface area (Å²) in [5.41, 5.74) is 4.56. The van der Waals surface area contributed by atoms with Gasteiger partial charge in [-0.2, -0.15) is 0 Å². The topological polar surface area (TPSA) is 105 Å². The van der Waals surface area contributed by atoms with E-state index in [1.54, 1.807) is 4.90 Å². The van der Waals surface area contributed by atoms with E-state index in [1.165, 1.54) is 11.8 Å². The van der Waals surface area contributed by atoms with E-state index in [1.807, 2.05) is 42.5 Å². The molecule has 3 aliphatic rings. The van der Waals surface area contributed by atoms with E-state index < -0.39 is 0 Å². The van der Waals surface area contributed by atoms with E-state index in [-0.39, 0.29) is 18.1 Å². The van der Waals surface area contributed by atoms with E-state index in [0.29, 0.717) is 50.3 Å². The first-order valence-corrected chi connectivity index (χ1v) is 14.3. The lowest BCUT2D eigenvalue weighted by molar-refractivity contribution is -0.113. The largest absolute Gasteiger partial charge is 0.476 e. The van der Waals surface area contributed by atoms with Crippen molar-refractivity contribution in [1.29, 1.82) is 0 Å². The highest BCUT2D eigenvalue weighted by Crippen LogP contribution is 2.35. The van der Waals surface area contributed by atoms with Crippen molar-refractivity contribution in [3.8, 4) is 17.1 Å². The average Bonchev–Trinajstić information content (AvgIpc) is 3.30. The lowest BCUT2D eigenvalue weighted by Crippen LogP contribution is -2.46. The van der Waals surface area contributed by atoms with Crippen molar-refractivity contribution in [2.24, 2.45) is 0 Å². The molecular formula is C29H31N5O4S. The van der Waals surface area contributed by atoms with E-state index in [9.17, 15) is 9.59 Å². The number of thioether (sulfide) groups is 1. The first-order chi connectivity index (χ1) is 19.1. The molecule has 0 unspecified atom stereocenters. The number of nitrogens with one attached hydrogen (secondary N) is 3. The molecule has 202 valence electrons. The minimum absolute atomic E-state index is 0.0288. The number of nitrogens with zero attached hydrogens (tertiary/aromatic N) is 2. The summed E-state index contributed by atoms with van der Waals surface area (Å²) in [5.74, 6) is 1.03. The van der Waals surface area contributed by atoms with Gasteiger partial charge in [0.1, 0.15) is 12.7 Å². The van der Waals surface area contributed by atoms with Crippen LogP contribution in [0.4, 0.5) is 16.2 Å². The number of fused-ring (bicyclic) bond motifs is 1. The van der Waals surface area contributed by atoms with Crippen LogP contribution < -0.4 is 25.6 Å². The first kappa shape index (κ1) is 25.7. The van der Waals surface area contributed by atoms with Crippen molar-refractivity contribution in [2.45, 2.75) is 36.4 Å². The van der Waals surface area contributed by atoms with Gasteiger partial charge in [0.15, 0.2) is 0 Å². The fourth-order valence-corrected chi connectivity index (χ4v) is 5.58. The second kappa shape index (κ2) is 11.6. The van der Waals surface area contributed by atoms with Gasteiger partial charge in [-0.05, 0) is 61.8 Å². The highest BCUT2D eigenvalue weighted by molar-refractivity contribution is 8.00. The lowest BCUT2D eigenvalue weighted by atomic mass is 10.1. The van der Waals surface area contributed by atoms with Gasteiger partial charge in [-0.1, -0.05) is 24.3 Å². The summed E-state index contributed by atoms with van der Waals surface area (Å²) >= 11 is 1.50. The Labute approximate surface area is 231 Å². The van der Waals surface area contributed by atoms with Crippen molar-refractivity contribution in [3.63, 3.8) is 0 Å². The first-order valence-electron chi connectivity index (χ1n) is 13.3. The molecule has 10 heteroatoms. The summed E-state index contributed by atoms with van der Waals surface area (Å²) in [5, 5.41) is 9.68. The van der Waals surface area contributed by atoms with Crippen molar-refractivity contribution in [2.75, 3.05) is 42.2 Å². The Morgan fingerprint density at radius 1 is 1.13 bits per heavy atom. The number of ether oxygens (including phenoxy) is 2. The zero-order chi connectivity index (χ0) is 26.6. The van der Waals surface area contributed by atoms with Crippen LogP contribution in [0.15, 0.2) is 65.6 Å². The van der Waals surface area contributed by atoms with Crippen LogP contribution in [0.2, 0.25) is 0 Å². The number of carbonyl (C=O) groups is 2. The summed E-state index contributed by atoms with van der Waals surface area (Å²) in [6.45, 7) is 3.59. The molecule has 2 saturated heterocycles. The highest BCUT2D eigenvalue weighted by atomic mass is 32.2. The second-order valence-electron chi connectivity index (χ2n) is 9.91. The van der Waals surface area contributed by atoms with Crippen molar-refractivity contribution < 1.29 is 19.1 Å². The predicted molar refractivity (Wildman–Crippen MR) is 151 cm³/mol. The Hall–Kier alpha value is -3.60. The fraction of sp³-hybridized carbons (Fsp3) is 0.345. The number of cyclic esters (lactones) is 1. The second-order valence-corrected chi connectivity index (χ2v) is 10.9. The van der Waals surface area contributed by atoms with Crippen LogP contribution in [-0.2, 0) is 16.1 Å². The normalized spacial score (nSPS) is 20.2. The number of hydrogen-bond acceptors (Lipinski definition) is 8. The third-order valence-electron chi connectivity index (χ3n) is 7.06. The van der Waals surface area contributed by atoms with Crippen LogP contribution in [0.3, 0.4) is 0 Å². The van der Waals surface area contributed by atoms with Crippen LogP contribution in [0.25, 0.3) is 11.3 Å². The number of rotatable bonds is 10. The Balaban J connectivity index is 0.989. The Morgan fingerprint density at radius 3 is 2.90 bits per heavy atom. The zero-order valence-electron chi connectivity index (χ0n) is 21.5. The molecule has 0 spiro atoms. The van der Waals surface area contributed by atoms with E-state index in [4.69, 9.17) is 9.47 Å². The molecule has 0 aliphatic carbocycles. The molecule has 2 atom stereocenters. The Bertz CT molecular complexity index is 1370. The van der Waals surface area contributed by atoms with E-state index in [0.717, 1.165) is 46.1 Å². The Kier molecular flexibility index (Phi) is 7.67. The van der Waals surface area contributed by atoms with Gasteiger partial charge in [0.25, 0.3) is 0 Å². The smallest absolute Gasteiger partial charge is 0.414 e. The van der Waals surface area contributed by atoms with Gasteiger partial charge in [-0.3, -0.25) is 9.69 Å². The zero-order valence-corrected chi connectivity index (χ0v) is 22.3. The van der Waals surface area contributed by atoms with Crippen molar-refractivity contribution in [3.05, 3.63) is 66.2 Å². The third-order valence-corrected chi connectivity index (χ3v) is 8.13. The molecule has 0 saturated carbocycles. The molecule has 39 heavy (non-hydrogen) atoms. The number of benzene rings is 2. The maximum absolute atomic E-state index is 12.5. The molecule has 2 amide bonds. The quantitative estimate of drug-likeness (QED) is 0.328. The van der Waals surface area contributed by atoms with Crippen molar-refractivity contribution in [1.82, 2.24) is 15.6 Å². The molecule has 6 rings (SSSR count). The molecule has 3 aromatic rings. The minimum Gasteiger partial charge on any atom is -0.476 e. The molecule has 1 aromatic heterocycles. The van der Waals surface area contributed by atoms with Crippen molar-refractivity contribution >= 4 is 35.1 Å². The number of pyridine rings is 1. The lowest BCUT2D eigenvalue weighted by Gasteiger charge is -2.27. The monoisotopic (exact) mass is 545 g/mol. The fourth-order valence-electron chi connectivity index (χ4n) is 4.79. The number of anilines is 2. The summed E-state index contributed by atoms with van der Waals surface area (Å²) in [6.07, 6.45) is 1.30. The average molecular weight is 546 g/mol. The third kappa shape index (κ3) is 6.19. The standard InChI is InChI=1S/C29H31N5O4S/c35-27-18-39-26-8-7-22(14-25(26)32-27)34-16-23(38-29(34)36)10-11-30-15-19-3-1-4-20(13-19)24-5-2-6-28(33-24)37-17-21-9-12-31-21/h1-8,13-14,21,23,30-31H,9-12,15-18H2,(H,32,35)/t21-,23+/m0/s1. The number of hydrogen-bond donors (Lipinski definition) is 3. The minimum atomic E-state index is -0.356. The van der Waals surface area contributed by atoms with Gasteiger partial charge < -0.3 is 25.4 Å². The summed E-state index contributed by atoms with van der Waals surface area (Å²) in [4.78, 5) is 31.6. The van der Waals surface area contributed by atoms with Gasteiger partial charge in [-0.25, -0.2) is 9.78 Å². The van der Waals surface area contributed by atoms with Gasteiger partial charge >= 0.3 is 6.09 Å². The molecule has 2 aromatic carbocycles. The molecule has 0 bridgehead atoms. The maximum Gasteiger partial charge on any atom is 0.414 e. The van der Waals surface area contributed by atoms with Gasteiger partial charge in [0.05, 0.1) is 23.7 Å². The van der Waals surface area contributed by atoms with Crippen LogP contribution >= 0.6 is 11.8 Å². The van der Waals surface area contributed by atoms with Crippen LogP contribution in [0.5, 0.6) is 5.88 Å². The number of carbonyl (C=O) groups excluding carboxylic acids is 2. The molecular weight excluding hydrogens is 514 g/mol. The highest BCUT2D eigenvalue weighted by Gasteiger charge is 2.32. The van der Waals surface area contributed by atoms with Gasteiger partial charge in [-0.15, -0.1) is 11.8 Å². The molecule has 9 nitrogen and oxygen atoms in total. The van der Waals surface area contributed by atoms with Crippen LogP contribution in [-0.4, -0.2) is 61.1 Å². The van der Waals surface area contributed by atoms with Gasteiger partial charge in [0, 0.05) is 34.8 Å².